The van der Waals surface area contributed by atoms with Crippen molar-refractivity contribution in [2.45, 2.75) is 38.5 Å². The Morgan fingerprint density at radius 1 is 1.14 bits per heavy atom. The molecule has 1 aliphatic carbocycles. The topological polar surface area (TPSA) is 66.4 Å². The third-order valence-electron chi connectivity index (χ3n) is 4.22. The van der Waals surface area contributed by atoms with E-state index >= 15 is 0 Å². The first-order valence-corrected chi connectivity index (χ1v) is 7.69. The van der Waals surface area contributed by atoms with Crippen LogP contribution in [0.1, 0.15) is 48.9 Å². The van der Waals surface area contributed by atoms with E-state index in [1.54, 1.807) is 24.3 Å². The number of hydrogen-bond acceptors (Lipinski definition) is 2. The standard InChI is InChI=1S/C16H20ClNO3/c17-13-8-4-3-7-12(13)14(19)18-11-16(15(20)21)9-5-1-2-6-10-16/h3-4,7-8H,1-2,5-6,9-11H2,(H,18,19)(H,20,21). The number of amides is 1. The molecule has 21 heavy (non-hydrogen) atoms. The van der Waals surface area contributed by atoms with Crippen LogP contribution in [0.15, 0.2) is 24.3 Å². The van der Waals surface area contributed by atoms with E-state index in [1.165, 1.54) is 0 Å². The van der Waals surface area contributed by atoms with Gasteiger partial charge in [0.15, 0.2) is 0 Å². The molecule has 1 fully saturated rings. The van der Waals surface area contributed by atoms with Crippen molar-refractivity contribution < 1.29 is 14.7 Å². The van der Waals surface area contributed by atoms with E-state index in [0.29, 0.717) is 23.4 Å². The summed E-state index contributed by atoms with van der Waals surface area (Å²) in [6.07, 6.45) is 5.15. The van der Waals surface area contributed by atoms with Crippen molar-refractivity contribution in [3.63, 3.8) is 0 Å². The van der Waals surface area contributed by atoms with E-state index in [2.05, 4.69) is 5.32 Å². The third-order valence-corrected chi connectivity index (χ3v) is 4.55. The molecule has 0 aliphatic heterocycles. The second-order valence-corrected chi connectivity index (χ2v) is 6.07. The Balaban J connectivity index is 2.07. The number of carboxylic acids is 1. The Bertz CT molecular complexity index is 522. The van der Waals surface area contributed by atoms with Gasteiger partial charge in [0.1, 0.15) is 0 Å². The van der Waals surface area contributed by atoms with Gasteiger partial charge in [0.2, 0.25) is 0 Å². The highest BCUT2D eigenvalue weighted by molar-refractivity contribution is 6.33. The molecule has 0 heterocycles. The smallest absolute Gasteiger partial charge is 0.311 e. The van der Waals surface area contributed by atoms with Crippen LogP contribution in [0.3, 0.4) is 0 Å². The molecule has 4 nitrogen and oxygen atoms in total. The van der Waals surface area contributed by atoms with Gasteiger partial charge in [0, 0.05) is 6.54 Å². The van der Waals surface area contributed by atoms with Crippen LogP contribution >= 0.6 is 11.6 Å². The summed E-state index contributed by atoms with van der Waals surface area (Å²) in [7, 11) is 0. The fourth-order valence-electron chi connectivity index (χ4n) is 2.86. The summed E-state index contributed by atoms with van der Waals surface area (Å²) in [5.74, 6) is -1.13. The quantitative estimate of drug-likeness (QED) is 0.837. The van der Waals surface area contributed by atoms with Crippen molar-refractivity contribution in [2.24, 2.45) is 5.41 Å². The minimum atomic E-state index is -0.840. The summed E-state index contributed by atoms with van der Waals surface area (Å²) in [4.78, 5) is 23.8. The predicted octanol–water partition coefficient (Wildman–Crippen LogP) is 3.50. The van der Waals surface area contributed by atoms with Crippen molar-refractivity contribution in [3.8, 4) is 0 Å². The molecule has 0 radical (unpaired) electrons. The van der Waals surface area contributed by atoms with Crippen molar-refractivity contribution in [2.75, 3.05) is 6.54 Å². The number of rotatable bonds is 4. The molecule has 2 N–H and O–H groups in total. The molecule has 0 saturated heterocycles. The molecule has 0 spiro atoms. The van der Waals surface area contributed by atoms with Crippen LogP contribution in [0.5, 0.6) is 0 Å². The minimum Gasteiger partial charge on any atom is -0.481 e. The molecular formula is C16H20ClNO3. The molecule has 5 heteroatoms. The maximum atomic E-state index is 12.2. The number of halogens is 1. The fourth-order valence-corrected chi connectivity index (χ4v) is 3.08. The molecule has 1 amide bonds. The van der Waals surface area contributed by atoms with Gasteiger partial charge in [-0.05, 0) is 25.0 Å². The molecular weight excluding hydrogens is 290 g/mol. The van der Waals surface area contributed by atoms with Gasteiger partial charge in [-0.15, -0.1) is 0 Å². The number of hydrogen-bond donors (Lipinski definition) is 2. The molecule has 114 valence electrons. The van der Waals surface area contributed by atoms with Gasteiger partial charge in [-0.25, -0.2) is 0 Å². The van der Waals surface area contributed by atoms with Gasteiger partial charge in [-0.2, -0.15) is 0 Å². The van der Waals surface area contributed by atoms with Crippen LogP contribution in [0.2, 0.25) is 5.02 Å². The SMILES string of the molecule is O=C(NCC1(C(=O)O)CCCCCC1)c1ccccc1Cl. The highest BCUT2D eigenvalue weighted by Gasteiger charge is 2.38. The molecule has 0 unspecified atom stereocenters. The maximum absolute atomic E-state index is 12.2. The molecule has 0 bridgehead atoms. The fraction of sp³-hybridized carbons (Fsp3) is 0.500. The van der Waals surface area contributed by atoms with Crippen molar-refractivity contribution >= 4 is 23.5 Å². The average Bonchev–Trinajstić information content (AvgIpc) is 2.72. The summed E-state index contributed by atoms with van der Waals surface area (Å²) in [6.45, 7) is 0.159. The average molecular weight is 310 g/mol. The Morgan fingerprint density at radius 3 is 2.33 bits per heavy atom. The zero-order chi connectivity index (χ0) is 15.3. The van der Waals surface area contributed by atoms with Gasteiger partial charge in [0.25, 0.3) is 5.91 Å². The van der Waals surface area contributed by atoms with Crippen molar-refractivity contribution in [1.29, 1.82) is 0 Å². The van der Waals surface area contributed by atoms with E-state index in [1.807, 2.05) is 0 Å². The summed E-state index contributed by atoms with van der Waals surface area (Å²) in [5.41, 5.74) is -0.457. The molecule has 1 saturated carbocycles. The molecule has 1 aliphatic rings. The van der Waals surface area contributed by atoms with Gasteiger partial charge in [0.05, 0.1) is 16.0 Å². The predicted molar refractivity (Wildman–Crippen MR) is 81.6 cm³/mol. The van der Waals surface area contributed by atoms with Gasteiger partial charge in [-0.3, -0.25) is 9.59 Å². The Morgan fingerprint density at radius 2 is 1.76 bits per heavy atom. The van der Waals surface area contributed by atoms with Gasteiger partial charge < -0.3 is 10.4 Å². The van der Waals surface area contributed by atoms with Gasteiger partial charge in [-0.1, -0.05) is 49.4 Å². The van der Waals surface area contributed by atoms with Crippen LogP contribution in [-0.4, -0.2) is 23.5 Å². The van der Waals surface area contributed by atoms with Crippen LogP contribution in [0.4, 0.5) is 0 Å². The first-order chi connectivity index (χ1) is 10.1. The molecule has 2 rings (SSSR count). The molecule has 1 aromatic carbocycles. The van der Waals surface area contributed by atoms with E-state index in [4.69, 9.17) is 11.6 Å². The highest BCUT2D eigenvalue weighted by Crippen LogP contribution is 2.35. The minimum absolute atomic E-state index is 0.159. The summed E-state index contributed by atoms with van der Waals surface area (Å²) < 4.78 is 0. The monoisotopic (exact) mass is 309 g/mol. The summed E-state index contributed by atoms with van der Waals surface area (Å²) in [5, 5.41) is 12.7. The van der Waals surface area contributed by atoms with Crippen LogP contribution in [0.25, 0.3) is 0 Å². The van der Waals surface area contributed by atoms with Crippen molar-refractivity contribution in [1.82, 2.24) is 5.32 Å². The zero-order valence-electron chi connectivity index (χ0n) is 11.9. The Hall–Kier alpha value is -1.55. The largest absolute Gasteiger partial charge is 0.481 e. The number of nitrogens with one attached hydrogen (secondary N) is 1. The first kappa shape index (κ1) is 15.8. The number of benzene rings is 1. The lowest BCUT2D eigenvalue weighted by molar-refractivity contribution is -0.149. The Labute approximate surface area is 129 Å². The van der Waals surface area contributed by atoms with E-state index in [0.717, 1.165) is 25.7 Å². The summed E-state index contributed by atoms with van der Waals surface area (Å²) in [6, 6.07) is 6.77. The lowest BCUT2D eigenvalue weighted by Crippen LogP contribution is -2.43. The number of aliphatic carboxylic acids is 1. The van der Waals surface area contributed by atoms with Crippen molar-refractivity contribution in [3.05, 3.63) is 34.9 Å². The Kier molecular flexibility index (Phi) is 5.23. The van der Waals surface area contributed by atoms with E-state index < -0.39 is 11.4 Å². The zero-order valence-corrected chi connectivity index (χ0v) is 12.7. The van der Waals surface area contributed by atoms with Crippen LogP contribution in [-0.2, 0) is 4.79 Å². The lowest BCUT2D eigenvalue weighted by atomic mass is 9.80. The first-order valence-electron chi connectivity index (χ1n) is 7.31. The number of carbonyl (C=O) groups excluding carboxylic acids is 1. The highest BCUT2D eigenvalue weighted by atomic mass is 35.5. The molecule has 1 aromatic rings. The lowest BCUT2D eigenvalue weighted by Gasteiger charge is -2.28. The molecule has 0 atom stereocenters. The second-order valence-electron chi connectivity index (χ2n) is 5.66. The molecule has 0 aromatic heterocycles. The normalized spacial score (nSPS) is 17.8. The third kappa shape index (κ3) is 3.76. The van der Waals surface area contributed by atoms with Gasteiger partial charge >= 0.3 is 5.97 Å². The van der Waals surface area contributed by atoms with Crippen LogP contribution < -0.4 is 5.32 Å². The van der Waals surface area contributed by atoms with E-state index in [-0.39, 0.29) is 12.5 Å². The van der Waals surface area contributed by atoms with Crippen LogP contribution in [0, 0.1) is 5.41 Å². The van der Waals surface area contributed by atoms with E-state index in [9.17, 15) is 14.7 Å². The number of carboxylic acid groups (broad SMARTS) is 1. The number of carbonyl (C=O) groups is 2. The second kappa shape index (κ2) is 6.94. The summed E-state index contributed by atoms with van der Waals surface area (Å²) >= 11 is 5.99. The maximum Gasteiger partial charge on any atom is 0.311 e.